The highest BCUT2D eigenvalue weighted by molar-refractivity contribution is 7.89. The third kappa shape index (κ3) is 3.92. The Morgan fingerprint density at radius 1 is 1.38 bits per heavy atom. The van der Waals surface area contributed by atoms with Crippen LogP contribution in [0.1, 0.15) is 18.4 Å². The lowest BCUT2D eigenvalue weighted by atomic mass is 10.2. The van der Waals surface area contributed by atoms with Crippen molar-refractivity contribution in [2.45, 2.75) is 24.7 Å². The summed E-state index contributed by atoms with van der Waals surface area (Å²) >= 11 is 0. The van der Waals surface area contributed by atoms with E-state index in [9.17, 15) is 17.6 Å². The summed E-state index contributed by atoms with van der Waals surface area (Å²) < 4.78 is 40.2. The Balaban J connectivity index is 1.96. The highest BCUT2D eigenvalue weighted by atomic mass is 32.2. The Labute approximate surface area is 123 Å². The maximum absolute atomic E-state index is 13.9. The summed E-state index contributed by atoms with van der Waals surface area (Å²) in [7, 11) is -3.99. The van der Waals surface area contributed by atoms with E-state index in [0.717, 1.165) is 18.9 Å². The molecule has 1 aromatic rings. The standard InChI is InChI=1S/C13H18FN3O3S/c1-8-6-10(15)7-11(12(8)14)21(19,20)17-5-4-16-13(18)9-2-3-9/h6-7,9,17H,2-5,15H2,1H3,(H,16,18). The number of hydrogen-bond donors (Lipinski definition) is 3. The number of anilines is 1. The van der Waals surface area contributed by atoms with Crippen LogP contribution in [0.4, 0.5) is 10.1 Å². The molecule has 1 aliphatic rings. The van der Waals surface area contributed by atoms with E-state index in [1.807, 2.05) is 0 Å². The highest BCUT2D eigenvalue weighted by Crippen LogP contribution is 2.28. The Morgan fingerprint density at radius 3 is 2.67 bits per heavy atom. The number of nitrogens with two attached hydrogens (primary N) is 1. The Bertz CT molecular complexity index is 657. The van der Waals surface area contributed by atoms with Crippen molar-refractivity contribution in [3.05, 3.63) is 23.5 Å². The van der Waals surface area contributed by atoms with Crippen molar-refractivity contribution >= 4 is 21.6 Å². The second kappa shape index (κ2) is 5.98. The molecular weight excluding hydrogens is 297 g/mol. The van der Waals surface area contributed by atoms with Crippen LogP contribution in [0.2, 0.25) is 0 Å². The molecule has 1 saturated carbocycles. The number of sulfonamides is 1. The van der Waals surface area contributed by atoms with Crippen molar-refractivity contribution < 1.29 is 17.6 Å². The van der Waals surface area contributed by atoms with Crippen LogP contribution in [0.5, 0.6) is 0 Å². The van der Waals surface area contributed by atoms with Gasteiger partial charge in [-0.05, 0) is 37.5 Å². The number of halogens is 1. The van der Waals surface area contributed by atoms with E-state index in [1.54, 1.807) is 0 Å². The molecule has 0 saturated heterocycles. The van der Waals surface area contributed by atoms with Gasteiger partial charge in [-0.25, -0.2) is 17.5 Å². The quantitative estimate of drug-likeness (QED) is 0.526. The van der Waals surface area contributed by atoms with E-state index < -0.39 is 20.7 Å². The zero-order valence-corrected chi connectivity index (χ0v) is 12.5. The number of benzene rings is 1. The van der Waals surface area contributed by atoms with Crippen LogP contribution in [-0.2, 0) is 14.8 Å². The van der Waals surface area contributed by atoms with Gasteiger partial charge < -0.3 is 11.1 Å². The van der Waals surface area contributed by atoms with Gasteiger partial charge in [0.2, 0.25) is 15.9 Å². The molecule has 0 heterocycles. The smallest absolute Gasteiger partial charge is 0.243 e. The van der Waals surface area contributed by atoms with Gasteiger partial charge in [0.15, 0.2) is 0 Å². The molecule has 0 spiro atoms. The molecule has 0 aromatic heterocycles. The van der Waals surface area contributed by atoms with Crippen LogP contribution in [0.3, 0.4) is 0 Å². The minimum atomic E-state index is -3.99. The van der Waals surface area contributed by atoms with Crippen molar-refractivity contribution in [1.82, 2.24) is 10.0 Å². The van der Waals surface area contributed by atoms with Gasteiger partial charge in [0.25, 0.3) is 0 Å². The normalized spacial score (nSPS) is 15.0. The highest BCUT2D eigenvalue weighted by Gasteiger charge is 2.29. The first-order valence-electron chi connectivity index (χ1n) is 6.64. The lowest BCUT2D eigenvalue weighted by molar-refractivity contribution is -0.122. The Hall–Kier alpha value is -1.67. The summed E-state index contributed by atoms with van der Waals surface area (Å²) in [6, 6.07) is 2.44. The van der Waals surface area contributed by atoms with Gasteiger partial charge in [-0.2, -0.15) is 0 Å². The van der Waals surface area contributed by atoms with Crippen molar-refractivity contribution in [2.24, 2.45) is 5.92 Å². The molecule has 21 heavy (non-hydrogen) atoms. The van der Waals surface area contributed by atoms with E-state index in [2.05, 4.69) is 10.0 Å². The first-order chi connectivity index (χ1) is 9.81. The number of nitrogens with one attached hydrogen (secondary N) is 2. The molecule has 2 rings (SSSR count). The zero-order valence-electron chi connectivity index (χ0n) is 11.6. The van der Waals surface area contributed by atoms with Crippen LogP contribution < -0.4 is 15.8 Å². The van der Waals surface area contributed by atoms with E-state index in [1.165, 1.54) is 13.0 Å². The third-order valence-corrected chi connectivity index (χ3v) is 4.66. The first kappa shape index (κ1) is 15.7. The molecule has 0 bridgehead atoms. The van der Waals surface area contributed by atoms with Crippen molar-refractivity contribution in [1.29, 1.82) is 0 Å². The average molecular weight is 315 g/mol. The fraction of sp³-hybridized carbons (Fsp3) is 0.462. The molecule has 1 fully saturated rings. The summed E-state index contributed by atoms with van der Waals surface area (Å²) in [6.07, 6.45) is 1.76. The van der Waals surface area contributed by atoms with Gasteiger partial charge in [0, 0.05) is 24.7 Å². The number of aryl methyl sites for hydroxylation is 1. The third-order valence-electron chi connectivity index (χ3n) is 3.20. The van der Waals surface area contributed by atoms with E-state index >= 15 is 0 Å². The van der Waals surface area contributed by atoms with Gasteiger partial charge in [0.1, 0.15) is 10.7 Å². The molecule has 8 heteroatoms. The van der Waals surface area contributed by atoms with Gasteiger partial charge in [-0.3, -0.25) is 4.79 Å². The molecule has 6 nitrogen and oxygen atoms in total. The van der Waals surface area contributed by atoms with Gasteiger partial charge >= 0.3 is 0 Å². The molecule has 1 aromatic carbocycles. The van der Waals surface area contributed by atoms with Crippen LogP contribution in [0, 0.1) is 18.7 Å². The molecule has 1 amide bonds. The number of carbonyl (C=O) groups is 1. The van der Waals surface area contributed by atoms with E-state index in [-0.39, 0.29) is 36.2 Å². The van der Waals surface area contributed by atoms with Crippen LogP contribution in [0.15, 0.2) is 17.0 Å². The fourth-order valence-corrected chi connectivity index (χ4v) is 3.11. The molecule has 1 aliphatic carbocycles. The molecule has 116 valence electrons. The van der Waals surface area contributed by atoms with E-state index in [0.29, 0.717) is 0 Å². The van der Waals surface area contributed by atoms with Crippen LogP contribution in [-0.4, -0.2) is 27.4 Å². The molecule has 4 N–H and O–H groups in total. The van der Waals surface area contributed by atoms with Gasteiger partial charge in [-0.1, -0.05) is 0 Å². The van der Waals surface area contributed by atoms with Crippen molar-refractivity contribution in [2.75, 3.05) is 18.8 Å². The second-order valence-electron chi connectivity index (χ2n) is 5.11. The maximum atomic E-state index is 13.9. The van der Waals surface area contributed by atoms with Crippen molar-refractivity contribution in [3.63, 3.8) is 0 Å². The molecule has 0 aliphatic heterocycles. The zero-order chi connectivity index (χ0) is 15.6. The largest absolute Gasteiger partial charge is 0.399 e. The topological polar surface area (TPSA) is 101 Å². The number of hydrogen-bond acceptors (Lipinski definition) is 4. The summed E-state index contributed by atoms with van der Waals surface area (Å²) in [4.78, 5) is 10.9. The average Bonchev–Trinajstić information content (AvgIpc) is 3.23. The number of amides is 1. The summed E-state index contributed by atoms with van der Waals surface area (Å²) in [5.41, 5.74) is 5.89. The maximum Gasteiger partial charge on any atom is 0.243 e. The number of rotatable bonds is 6. The number of nitrogen functional groups attached to an aromatic ring is 1. The summed E-state index contributed by atoms with van der Waals surface area (Å²) in [5, 5.41) is 2.62. The summed E-state index contributed by atoms with van der Waals surface area (Å²) in [6.45, 7) is 1.60. The molecule has 0 radical (unpaired) electrons. The van der Waals surface area contributed by atoms with E-state index in [4.69, 9.17) is 5.73 Å². The SMILES string of the molecule is Cc1cc(N)cc(S(=O)(=O)NCCNC(=O)C2CC2)c1F. The van der Waals surface area contributed by atoms with Crippen LogP contribution >= 0.6 is 0 Å². The predicted octanol–water partition coefficient (Wildman–Crippen LogP) is 0.521. The van der Waals surface area contributed by atoms with Crippen LogP contribution in [0.25, 0.3) is 0 Å². The predicted molar refractivity (Wildman–Crippen MR) is 76.5 cm³/mol. The number of carbonyl (C=O) groups excluding carboxylic acids is 1. The van der Waals surface area contributed by atoms with Gasteiger partial charge in [0.05, 0.1) is 0 Å². The summed E-state index contributed by atoms with van der Waals surface area (Å²) in [5.74, 6) is -0.825. The van der Waals surface area contributed by atoms with Crippen molar-refractivity contribution in [3.8, 4) is 0 Å². The Kier molecular flexibility index (Phi) is 4.48. The second-order valence-corrected chi connectivity index (χ2v) is 6.85. The monoisotopic (exact) mass is 315 g/mol. The first-order valence-corrected chi connectivity index (χ1v) is 8.12. The molecule has 0 unspecified atom stereocenters. The minimum Gasteiger partial charge on any atom is -0.399 e. The lowest BCUT2D eigenvalue weighted by Crippen LogP contribution is -2.35. The molecular formula is C13H18FN3O3S. The minimum absolute atomic E-state index is 0.00587. The fourth-order valence-electron chi connectivity index (χ4n) is 1.90. The van der Waals surface area contributed by atoms with Gasteiger partial charge in [-0.15, -0.1) is 0 Å². The molecule has 0 atom stereocenters. The lowest BCUT2D eigenvalue weighted by Gasteiger charge is -2.10. The Morgan fingerprint density at radius 2 is 2.05 bits per heavy atom.